The molecule has 180 valence electrons. The van der Waals surface area contributed by atoms with Gasteiger partial charge in [0.2, 0.25) is 15.9 Å². The van der Waals surface area contributed by atoms with Crippen molar-refractivity contribution in [1.29, 1.82) is 0 Å². The maximum absolute atomic E-state index is 12.8. The average Bonchev–Trinajstić information content (AvgIpc) is 3.32. The second-order valence-corrected chi connectivity index (χ2v) is 10.4. The van der Waals surface area contributed by atoms with E-state index >= 15 is 0 Å². The van der Waals surface area contributed by atoms with Gasteiger partial charge in [-0.2, -0.15) is 17.5 Å². The molecule has 34 heavy (non-hydrogen) atoms. The third kappa shape index (κ3) is 6.07. The molecule has 0 radical (unpaired) electrons. The van der Waals surface area contributed by atoms with E-state index in [4.69, 9.17) is 0 Å². The molecule has 1 unspecified atom stereocenters. The second-order valence-electron chi connectivity index (χ2n) is 7.22. The van der Waals surface area contributed by atoms with Gasteiger partial charge in [-0.15, -0.1) is 17.9 Å². The third-order valence-electron chi connectivity index (χ3n) is 4.86. The summed E-state index contributed by atoms with van der Waals surface area (Å²) in [6.45, 7) is 3.18. The van der Waals surface area contributed by atoms with E-state index in [0.29, 0.717) is 21.8 Å². The topological polar surface area (TPSA) is 92.3 Å². The van der Waals surface area contributed by atoms with E-state index in [1.54, 1.807) is 17.5 Å². The molecular formula is C22H21F3N4O3S2. The number of carbonyl (C=O) groups is 1. The first-order valence-corrected chi connectivity index (χ1v) is 12.3. The van der Waals surface area contributed by atoms with Gasteiger partial charge in [-0.3, -0.25) is 4.79 Å². The lowest BCUT2D eigenvalue weighted by Gasteiger charge is -2.21. The quantitative estimate of drug-likeness (QED) is 0.439. The molecule has 3 aromatic rings. The van der Waals surface area contributed by atoms with Gasteiger partial charge >= 0.3 is 6.18 Å². The zero-order valence-corrected chi connectivity index (χ0v) is 19.6. The predicted molar refractivity (Wildman–Crippen MR) is 123 cm³/mol. The summed E-state index contributed by atoms with van der Waals surface area (Å²) < 4.78 is 64.9. The van der Waals surface area contributed by atoms with Gasteiger partial charge in [0.1, 0.15) is 11.6 Å². The molecule has 0 aliphatic heterocycles. The van der Waals surface area contributed by atoms with Crippen LogP contribution in [0.25, 0.3) is 11.3 Å². The molecule has 1 amide bonds. The van der Waals surface area contributed by atoms with Crippen molar-refractivity contribution in [2.24, 2.45) is 0 Å². The number of benzene rings is 1. The van der Waals surface area contributed by atoms with Crippen LogP contribution in [0, 0.1) is 0 Å². The lowest BCUT2D eigenvalue weighted by atomic mass is 10.1. The molecule has 0 bridgehead atoms. The first-order valence-electron chi connectivity index (χ1n) is 9.88. The third-order valence-corrected chi connectivity index (χ3v) is 8.05. The minimum atomic E-state index is -4.43. The molecule has 1 aromatic carbocycles. The van der Waals surface area contributed by atoms with Crippen LogP contribution in [0.2, 0.25) is 0 Å². The lowest BCUT2D eigenvalue weighted by molar-refractivity contribution is -0.137. The van der Waals surface area contributed by atoms with Crippen molar-refractivity contribution in [3.05, 3.63) is 83.0 Å². The van der Waals surface area contributed by atoms with Crippen LogP contribution < -0.4 is 5.32 Å². The number of halogens is 3. The van der Waals surface area contributed by atoms with E-state index in [-0.39, 0.29) is 6.54 Å². The number of rotatable bonds is 9. The number of nitrogens with one attached hydrogen (secondary N) is 1. The molecule has 7 nitrogen and oxygen atoms in total. The Labute approximate surface area is 199 Å². The van der Waals surface area contributed by atoms with Crippen LogP contribution in [0.15, 0.2) is 66.8 Å². The maximum atomic E-state index is 12.8. The Morgan fingerprint density at radius 2 is 1.94 bits per heavy atom. The summed E-state index contributed by atoms with van der Waals surface area (Å²) in [4.78, 5) is 21.1. The number of alkyl halides is 3. The molecular weight excluding hydrogens is 489 g/mol. The van der Waals surface area contributed by atoms with Gasteiger partial charge in [-0.05, 0) is 29.6 Å². The Morgan fingerprint density at radius 3 is 2.53 bits per heavy atom. The van der Waals surface area contributed by atoms with E-state index in [1.165, 1.54) is 49.0 Å². The summed E-state index contributed by atoms with van der Waals surface area (Å²) in [5.74, 6) is -0.547. The van der Waals surface area contributed by atoms with Gasteiger partial charge in [0, 0.05) is 17.5 Å². The summed E-state index contributed by atoms with van der Waals surface area (Å²) >= 11 is 1.28. The van der Waals surface area contributed by atoms with Gasteiger partial charge < -0.3 is 5.32 Å². The fourth-order valence-corrected chi connectivity index (χ4v) is 5.58. The number of carbonyl (C=O) groups excluding carboxylic acids is 1. The number of hydrogen-bond donors (Lipinski definition) is 1. The van der Waals surface area contributed by atoms with Crippen molar-refractivity contribution >= 4 is 27.3 Å². The van der Waals surface area contributed by atoms with Crippen LogP contribution in [0.4, 0.5) is 13.2 Å². The number of sulfonamides is 1. The molecule has 0 spiro atoms. The lowest BCUT2D eigenvalue weighted by Crippen LogP contribution is -2.39. The summed E-state index contributed by atoms with van der Waals surface area (Å²) in [7, 11) is -2.54. The van der Waals surface area contributed by atoms with Crippen LogP contribution in [-0.2, 0) is 27.5 Å². The molecule has 12 heteroatoms. The monoisotopic (exact) mass is 510 g/mol. The van der Waals surface area contributed by atoms with Crippen LogP contribution in [0.1, 0.15) is 21.4 Å². The molecule has 0 aliphatic carbocycles. The Bertz CT molecular complexity index is 1250. The summed E-state index contributed by atoms with van der Waals surface area (Å²) in [5, 5.41) is 3.39. The minimum absolute atomic E-state index is 0.0152. The first-order chi connectivity index (χ1) is 16.0. The highest BCUT2D eigenvalue weighted by molar-refractivity contribution is 7.89. The summed E-state index contributed by atoms with van der Waals surface area (Å²) in [5.41, 5.74) is 0.483. The fraction of sp³-hybridized carbons (Fsp3) is 0.227. The smallest absolute Gasteiger partial charge is 0.349 e. The van der Waals surface area contributed by atoms with Gasteiger partial charge in [0.15, 0.2) is 0 Å². The Balaban J connectivity index is 1.62. The number of hydrogen-bond acceptors (Lipinski definition) is 6. The molecule has 2 aromatic heterocycles. The van der Waals surface area contributed by atoms with Gasteiger partial charge in [0.05, 0.1) is 30.0 Å². The van der Waals surface area contributed by atoms with Crippen LogP contribution in [-0.4, -0.2) is 42.2 Å². The molecule has 3 rings (SSSR count). The van der Waals surface area contributed by atoms with Crippen molar-refractivity contribution in [2.75, 3.05) is 13.6 Å². The SMILES string of the molecule is C=CC(c1cccs1)S(=O)(=O)N(C)CC(=O)NCc1cc(-c2ccc(C(F)(F)F)cc2)ncn1. The molecule has 2 heterocycles. The Morgan fingerprint density at radius 1 is 1.24 bits per heavy atom. The largest absolute Gasteiger partial charge is 0.416 e. The zero-order chi connectivity index (χ0) is 24.9. The van der Waals surface area contributed by atoms with Crippen molar-refractivity contribution < 1.29 is 26.4 Å². The van der Waals surface area contributed by atoms with Crippen LogP contribution >= 0.6 is 11.3 Å². The standard InChI is InChI=1S/C22H21F3N4O3S2/c1-3-20(19-5-4-10-33-19)34(31,32)29(2)13-21(30)26-12-17-11-18(28-14-27-17)15-6-8-16(9-7-15)22(23,24)25/h3-11,14,20H,1,12-13H2,2H3,(H,26,30). The number of amides is 1. The normalized spacial score (nSPS) is 13.0. The minimum Gasteiger partial charge on any atom is -0.349 e. The van der Waals surface area contributed by atoms with Crippen LogP contribution in [0.5, 0.6) is 0 Å². The van der Waals surface area contributed by atoms with Crippen molar-refractivity contribution in [3.8, 4) is 11.3 Å². The van der Waals surface area contributed by atoms with E-state index < -0.39 is 39.5 Å². The number of likely N-dealkylation sites (N-methyl/N-ethyl adjacent to an activating group) is 1. The molecule has 0 fully saturated rings. The van der Waals surface area contributed by atoms with E-state index in [0.717, 1.165) is 16.4 Å². The maximum Gasteiger partial charge on any atom is 0.416 e. The summed E-state index contributed by atoms with van der Waals surface area (Å²) in [6, 6.07) is 9.48. The van der Waals surface area contributed by atoms with Gasteiger partial charge in [-0.25, -0.2) is 18.4 Å². The van der Waals surface area contributed by atoms with E-state index in [9.17, 15) is 26.4 Å². The fourth-order valence-electron chi connectivity index (χ4n) is 3.05. The second kappa shape index (κ2) is 10.5. The highest BCUT2D eigenvalue weighted by Crippen LogP contribution is 2.31. The van der Waals surface area contributed by atoms with E-state index in [1.807, 2.05) is 0 Å². The number of nitrogens with zero attached hydrogens (tertiary/aromatic N) is 3. The Kier molecular flexibility index (Phi) is 7.85. The van der Waals surface area contributed by atoms with Crippen molar-refractivity contribution in [3.63, 3.8) is 0 Å². The van der Waals surface area contributed by atoms with E-state index in [2.05, 4.69) is 21.9 Å². The molecule has 1 atom stereocenters. The van der Waals surface area contributed by atoms with Gasteiger partial charge in [-0.1, -0.05) is 24.3 Å². The van der Waals surface area contributed by atoms with Crippen molar-refractivity contribution in [2.45, 2.75) is 18.0 Å². The first kappa shape index (κ1) is 25.5. The summed E-state index contributed by atoms with van der Waals surface area (Å²) in [6.07, 6.45) is -1.88. The van der Waals surface area contributed by atoms with Crippen molar-refractivity contribution in [1.82, 2.24) is 19.6 Å². The predicted octanol–water partition coefficient (Wildman–Crippen LogP) is 4.03. The molecule has 0 aliphatic rings. The number of thiophene rings is 1. The molecule has 0 saturated heterocycles. The highest BCUT2D eigenvalue weighted by Gasteiger charge is 2.31. The molecule has 1 N–H and O–H groups in total. The highest BCUT2D eigenvalue weighted by atomic mass is 32.2. The van der Waals surface area contributed by atoms with Crippen LogP contribution in [0.3, 0.4) is 0 Å². The molecule has 0 saturated carbocycles. The van der Waals surface area contributed by atoms with Gasteiger partial charge in [0.25, 0.3) is 0 Å². The zero-order valence-electron chi connectivity index (χ0n) is 18.0. The Hall–Kier alpha value is -3.09. The number of aromatic nitrogens is 2. The average molecular weight is 511 g/mol.